The fraction of sp³-hybridized carbons (Fsp3) is 0.364. The van der Waals surface area contributed by atoms with Crippen LogP contribution in [-0.2, 0) is 4.79 Å². The highest BCUT2D eigenvalue weighted by Crippen LogP contribution is 2.25. The number of carbonyl (C=O) groups excluding carboxylic acids is 1. The van der Waals surface area contributed by atoms with Gasteiger partial charge in [0.05, 0.1) is 14.2 Å². The first kappa shape index (κ1) is 12.2. The average molecular weight is 224 g/mol. The van der Waals surface area contributed by atoms with E-state index in [0.717, 1.165) is 5.69 Å². The SMILES string of the molecule is COc1cc(NCCC(N)=O)cc(OC)c1. The Bertz CT molecular complexity index is 344. The summed E-state index contributed by atoms with van der Waals surface area (Å²) in [7, 11) is 3.17. The molecule has 0 heterocycles. The summed E-state index contributed by atoms with van der Waals surface area (Å²) in [6.07, 6.45) is 0.291. The van der Waals surface area contributed by atoms with Gasteiger partial charge >= 0.3 is 0 Å². The van der Waals surface area contributed by atoms with E-state index in [0.29, 0.717) is 24.5 Å². The van der Waals surface area contributed by atoms with Crippen LogP contribution in [0.15, 0.2) is 18.2 Å². The molecule has 0 radical (unpaired) electrons. The van der Waals surface area contributed by atoms with Gasteiger partial charge in [0, 0.05) is 36.9 Å². The van der Waals surface area contributed by atoms with Gasteiger partial charge in [-0.1, -0.05) is 0 Å². The van der Waals surface area contributed by atoms with Crippen LogP contribution < -0.4 is 20.5 Å². The maximum atomic E-state index is 10.6. The second kappa shape index (κ2) is 5.85. The minimum Gasteiger partial charge on any atom is -0.497 e. The lowest BCUT2D eigenvalue weighted by Crippen LogP contribution is -2.15. The smallest absolute Gasteiger partial charge is 0.219 e. The summed E-state index contributed by atoms with van der Waals surface area (Å²) in [5, 5.41) is 3.06. The molecule has 0 aliphatic heterocycles. The Morgan fingerprint density at radius 2 is 1.81 bits per heavy atom. The summed E-state index contributed by atoms with van der Waals surface area (Å²) >= 11 is 0. The van der Waals surface area contributed by atoms with Crippen molar-refractivity contribution >= 4 is 11.6 Å². The molecule has 1 aromatic carbocycles. The first-order valence-corrected chi connectivity index (χ1v) is 4.91. The van der Waals surface area contributed by atoms with Gasteiger partial charge in [0.25, 0.3) is 0 Å². The van der Waals surface area contributed by atoms with Crippen LogP contribution in [0.5, 0.6) is 11.5 Å². The van der Waals surface area contributed by atoms with E-state index in [1.807, 2.05) is 12.1 Å². The molecule has 5 nitrogen and oxygen atoms in total. The molecule has 3 N–H and O–H groups in total. The number of benzene rings is 1. The molecule has 0 bridgehead atoms. The number of methoxy groups -OCH3 is 2. The third-order valence-corrected chi connectivity index (χ3v) is 2.05. The number of primary amides is 1. The summed E-state index contributed by atoms with van der Waals surface area (Å²) < 4.78 is 10.2. The number of nitrogens with two attached hydrogens (primary N) is 1. The monoisotopic (exact) mass is 224 g/mol. The number of ether oxygens (including phenoxy) is 2. The van der Waals surface area contributed by atoms with E-state index in [2.05, 4.69) is 5.32 Å². The van der Waals surface area contributed by atoms with Crippen molar-refractivity contribution in [3.8, 4) is 11.5 Å². The Labute approximate surface area is 94.5 Å². The second-order valence-electron chi connectivity index (χ2n) is 3.24. The highest BCUT2D eigenvalue weighted by molar-refractivity contribution is 5.74. The zero-order valence-corrected chi connectivity index (χ0v) is 9.45. The first-order valence-electron chi connectivity index (χ1n) is 4.91. The number of hydrogen-bond donors (Lipinski definition) is 2. The number of carbonyl (C=O) groups is 1. The molecule has 88 valence electrons. The second-order valence-corrected chi connectivity index (χ2v) is 3.24. The van der Waals surface area contributed by atoms with E-state index in [-0.39, 0.29) is 5.91 Å². The van der Waals surface area contributed by atoms with Gasteiger partial charge in [0.2, 0.25) is 5.91 Å². The van der Waals surface area contributed by atoms with Gasteiger partial charge < -0.3 is 20.5 Å². The number of hydrogen-bond acceptors (Lipinski definition) is 4. The molecule has 1 aromatic rings. The maximum absolute atomic E-state index is 10.6. The Morgan fingerprint density at radius 3 is 2.25 bits per heavy atom. The van der Waals surface area contributed by atoms with Crippen molar-refractivity contribution < 1.29 is 14.3 Å². The third-order valence-electron chi connectivity index (χ3n) is 2.05. The fourth-order valence-electron chi connectivity index (χ4n) is 1.24. The molecule has 0 aliphatic rings. The standard InChI is InChI=1S/C11H16N2O3/c1-15-9-5-8(6-10(7-9)16-2)13-4-3-11(12)14/h5-7,13H,3-4H2,1-2H3,(H2,12,14). The van der Waals surface area contributed by atoms with Crippen molar-refractivity contribution in [3.63, 3.8) is 0 Å². The molecule has 16 heavy (non-hydrogen) atoms. The van der Waals surface area contributed by atoms with Crippen molar-refractivity contribution in [3.05, 3.63) is 18.2 Å². The Balaban J connectivity index is 2.67. The number of amides is 1. The van der Waals surface area contributed by atoms with Crippen LogP contribution in [0.2, 0.25) is 0 Å². The summed E-state index contributed by atoms with van der Waals surface area (Å²) in [6, 6.07) is 5.42. The molecule has 0 saturated heterocycles. The molecule has 0 spiro atoms. The Morgan fingerprint density at radius 1 is 1.25 bits per heavy atom. The molecule has 5 heteroatoms. The molecule has 0 saturated carbocycles. The highest BCUT2D eigenvalue weighted by Gasteiger charge is 2.01. The third kappa shape index (κ3) is 3.68. The zero-order valence-electron chi connectivity index (χ0n) is 9.45. The van der Waals surface area contributed by atoms with Gasteiger partial charge in [0.1, 0.15) is 11.5 Å². The molecule has 1 amide bonds. The van der Waals surface area contributed by atoms with Crippen LogP contribution in [0, 0.1) is 0 Å². The van der Waals surface area contributed by atoms with Crippen molar-refractivity contribution in [1.29, 1.82) is 0 Å². The van der Waals surface area contributed by atoms with E-state index in [1.165, 1.54) is 0 Å². The van der Waals surface area contributed by atoms with Crippen molar-refractivity contribution in [2.45, 2.75) is 6.42 Å². The Kier molecular flexibility index (Phi) is 4.44. The van der Waals surface area contributed by atoms with Gasteiger partial charge in [0.15, 0.2) is 0 Å². The molecule has 0 fully saturated rings. The predicted molar refractivity (Wildman–Crippen MR) is 61.8 cm³/mol. The lowest BCUT2D eigenvalue weighted by atomic mass is 10.2. The van der Waals surface area contributed by atoms with Crippen molar-refractivity contribution in [2.75, 3.05) is 26.1 Å². The molecular formula is C11H16N2O3. The largest absolute Gasteiger partial charge is 0.497 e. The molecule has 0 atom stereocenters. The van der Waals surface area contributed by atoms with Gasteiger partial charge in [-0.05, 0) is 0 Å². The van der Waals surface area contributed by atoms with Gasteiger partial charge in [-0.3, -0.25) is 4.79 Å². The van der Waals surface area contributed by atoms with Crippen LogP contribution in [0.1, 0.15) is 6.42 Å². The minimum atomic E-state index is -0.331. The lowest BCUT2D eigenvalue weighted by Gasteiger charge is -2.09. The average Bonchev–Trinajstić information content (AvgIpc) is 2.28. The highest BCUT2D eigenvalue weighted by atomic mass is 16.5. The number of anilines is 1. The molecule has 1 rings (SSSR count). The quantitative estimate of drug-likeness (QED) is 0.755. The summed E-state index contributed by atoms with van der Waals surface area (Å²) in [5.74, 6) is 1.06. The van der Waals surface area contributed by atoms with Crippen LogP contribution in [0.4, 0.5) is 5.69 Å². The molecule has 0 aliphatic carbocycles. The van der Waals surface area contributed by atoms with Crippen LogP contribution >= 0.6 is 0 Å². The van der Waals surface area contributed by atoms with Crippen LogP contribution in [0.25, 0.3) is 0 Å². The van der Waals surface area contributed by atoms with E-state index < -0.39 is 0 Å². The predicted octanol–water partition coefficient (Wildman–Crippen LogP) is 0.991. The van der Waals surface area contributed by atoms with E-state index in [1.54, 1.807) is 20.3 Å². The van der Waals surface area contributed by atoms with Crippen LogP contribution in [0.3, 0.4) is 0 Å². The normalized spacial score (nSPS) is 9.62. The van der Waals surface area contributed by atoms with Crippen molar-refractivity contribution in [2.24, 2.45) is 5.73 Å². The minimum absolute atomic E-state index is 0.291. The van der Waals surface area contributed by atoms with Gasteiger partial charge in [-0.25, -0.2) is 0 Å². The van der Waals surface area contributed by atoms with Gasteiger partial charge in [-0.2, -0.15) is 0 Å². The summed E-state index contributed by atoms with van der Waals surface area (Å²) in [6.45, 7) is 0.492. The van der Waals surface area contributed by atoms with Gasteiger partial charge in [-0.15, -0.1) is 0 Å². The number of rotatable bonds is 6. The Hall–Kier alpha value is -1.91. The van der Waals surface area contributed by atoms with Crippen molar-refractivity contribution in [1.82, 2.24) is 0 Å². The fourth-order valence-corrected chi connectivity index (χ4v) is 1.24. The summed E-state index contributed by atoms with van der Waals surface area (Å²) in [5.41, 5.74) is 5.87. The molecular weight excluding hydrogens is 208 g/mol. The van der Waals surface area contributed by atoms with E-state index >= 15 is 0 Å². The summed E-state index contributed by atoms with van der Waals surface area (Å²) in [4.78, 5) is 10.6. The number of nitrogens with one attached hydrogen (secondary N) is 1. The zero-order chi connectivity index (χ0) is 12.0. The lowest BCUT2D eigenvalue weighted by molar-refractivity contribution is -0.117. The molecule has 0 aromatic heterocycles. The molecule has 0 unspecified atom stereocenters. The van der Waals surface area contributed by atoms with E-state index in [4.69, 9.17) is 15.2 Å². The van der Waals surface area contributed by atoms with Crippen LogP contribution in [-0.4, -0.2) is 26.7 Å². The van der Waals surface area contributed by atoms with E-state index in [9.17, 15) is 4.79 Å². The first-order chi connectivity index (χ1) is 7.65. The maximum Gasteiger partial charge on any atom is 0.219 e. The topological polar surface area (TPSA) is 73.6 Å².